The summed E-state index contributed by atoms with van der Waals surface area (Å²) in [6.45, 7) is 30.1. The van der Waals surface area contributed by atoms with Crippen LogP contribution in [-0.2, 0) is 20.2 Å². The van der Waals surface area contributed by atoms with E-state index in [2.05, 4.69) is 94.1 Å². The molecule has 0 bridgehead atoms. The summed E-state index contributed by atoms with van der Waals surface area (Å²) in [7, 11) is -4.16. The van der Waals surface area contributed by atoms with Crippen LogP contribution in [0, 0.1) is 0 Å². The van der Waals surface area contributed by atoms with Gasteiger partial charge in [-0.05, 0) is 45.9 Å². The Morgan fingerprint density at radius 3 is 2.00 bits per heavy atom. The lowest BCUT2D eigenvalue weighted by molar-refractivity contribution is -0.156. The van der Waals surface area contributed by atoms with Crippen LogP contribution in [0.25, 0.3) is 0 Å². The lowest BCUT2D eigenvalue weighted by Crippen LogP contribution is -2.58. The minimum absolute atomic E-state index is 0.0675. The molecule has 0 radical (unpaired) electrons. The van der Waals surface area contributed by atoms with Crippen molar-refractivity contribution in [2.75, 3.05) is 6.61 Å². The van der Waals surface area contributed by atoms with Crippen LogP contribution in [0.2, 0.25) is 34.8 Å². The summed E-state index contributed by atoms with van der Waals surface area (Å²) in [5.74, 6) is 0. The van der Waals surface area contributed by atoms with Gasteiger partial charge in [0.05, 0.1) is 25.4 Å². The highest BCUT2D eigenvalue weighted by molar-refractivity contribution is 6.77. The molecule has 1 aromatic rings. The maximum absolute atomic E-state index is 12.0. The topological polar surface area (TPSA) is 47.9 Å². The van der Waals surface area contributed by atoms with Crippen LogP contribution < -0.4 is 0 Å². The molecule has 1 aromatic carbocycles. The Morgan fingerprint density at radius 1 is 1.00 bits per heavy atom. The third kappa shape index (κ3) is 7.00. The number of hydrogen-bond donors (Lipinski definition) is 1. The highest BCUT2D eigenvalue weighted by atomic mass is 28.4. The molecule has 0 aromatic heterocycles. The van der Waals surface area contributed by atoms with Gasteiger partial charge in [-0.2, -0.15) is 0 Å². The molecule has 1 aliphatic rings. The van der Waals surface area contributed by atoms with Crippen LogP contribution in [0.5, 0.6) is 0 Å². The van der Waals surface area contributed by atoms with Crippen molar-refractivity contribution in [2.24, 2.45) is 0 Å². The zero-order chi connectivity index (χ0) is 27.5. The van der Waals surface area contributed by atoms with Gasteiger partial charge in [0.1, 0.15) is 5.60 Å². The van der Waals surface area contributed by atoms with E-state index >= 15 is 0 Å². The lowest BCUT2D eigenvalue weighted by Gasteiger charge is -2.50. The molecule has 4 nitrogen and oxygen atoms in total. The molecule has 6 heteroatoms. The van der Waals surface area contributed by atoms with Gasteiger partial charge in [0.15, 0.2) is 8.32 Å². The molecular weight excluding hydrogens is 480 g/mol. The minimum atomic E-state index is -2.12. The predicted molar refractivity (Wildman–Crippen MR) is 157 cm³/mol. The first kappa shape index (κ1) is 31.5. The summed E-state index contributed by atoms with van der Waals surface area (Å²) in [4.78, 5) is 0. The molecular formula is C30H54O4Si2. The van der Waals surface area contributed by atoms with Gasteiger partial charge >= 0.3 is 0 Å². The van der Waals surface area contributed by atoms with Crippen molar-refractivity contribution in [1.29, 1.82) is 0 Å². The fourth-order valence-corrected chi connectivity index (χ4v) is 12.3. The molecule has 1 fully saturated rings. The highest BCUT2D eigenvalue weighted by Gasteiger charge is 2.52. The first-order valence-corrected chi connectivity index (χ1v) is 18.9. The second kappa shape index (κ2) is 12.0. The summed E-state index contributed by atoms with van der Waals surface area (Å²) >= 11 is 0. The lowest BCUT2D eigenvalue weighted by atomic mass is 9.78. The maximum Gasteiger partial charge on any atom is 0.201 e. The van der Waals surface area contributed by atoms with Crippen LogP contribution in [0.15, 0.2) is 42.5 Å². The molecule has 0 heterocycles. The fraction of sp³-hybridized carbons (Fsp3) is 0.733. The Bertz CT molecular complexity index is 822. The van der Waals surface area contributed by atoms with Crippen molar-refractivity contribution >= 4 is 16.6 Å². The number of hydrogen-bond acceptors (Lipinski definition) is 4. The minimum Gasteiger partial charge on any atom is -0.414 e. The second-order valence-electron chi connectivity index (χ2n) is 13.4. The van der Waals surface area contributed by atoms with E-state index in [0.717, 1.165) is 11.1 Å². The Balaban J connectivity index is 2.34. The number of benzene rings is 1. The van der Waals surface area contributed by atoms with Crippen molar-refractivity contribution in [3.63, 3.8) is 0 Å². The zero-order valence-electron chi connectivity index (χ0n) is 25.0. The molecule has 0 amide bonds. The molecule has 2 rings (SSSR count). The Morgan fingerprint density at radius 2 is 1.53 bits per heavy atom. The zero-order valence-corrected chi connectivity index (χ0v) is 27.0. The van der Waals surface area contributed by atoms with Gasteiger partial charge in [0, 0.05) is 12.8 Å². The van der Waals surface area contributed by atoms with Crippen LogP contribution in [-0.4, -0.2) is 46.2 Å². The monoisotopic (exact) mass is 534 g/mol. The second-order valence-corrected chi connectivity index (χ2v) is 23.6. The molecule has 3 atom stereocenters. The van der Waals surface area contributed by atoms with E-state index in [1.807, 2.05) is 18.2 Å². The van der Waals surface area contributed by atoms with Gasteiger partial charge in [-0.3, -0.25) is 0 Å². The van der Waals surface area contributed by atoms with Crippen LogP contribution in [0.1, 0.15) is 80.7 Å². The fourth-order valence-electron chi connectivity index (χ4n) is 5.65. The Labute approximate surface area is 224 Å². The Kier molecular flexibility index (Phi) is 10.4. The first-order chi connectivity index (χ1) is 16.5. The van der Waals surface area contributed by atoms with Crippen LogP contribution in [0.3, 0.4) is 0 Å². The molecule has 0 spiro atoms. The van der Waals surface area contributed by atoms with Gasteiger partial charge in [0.25, 0.3) is 0 Å². The molecule has 0 unspecified atom stereocenters. The number of ether oxygens (including phenoxy) is 1. The molecule has 206 valence electrons. The Hall–Kier alpha value is -0.766. The van der Waals surface area contributed by atoms with Crippen molar-refractivity contribution < 1.29 is 18.7 Å². The predicted octanol–water partition coefficient (Wildman–Crippen LogP) is 8.24. The van der Waals surface area contributed by atoms with E-state index in [-0.39, 0.29) is 17.7 Å². The third-order valence-corrected chi connectivity index (χ3v) is 19.4. The summed E-state index contributed by atoms with van der Waals surface area (Å²) < 4.78 is 20.2. The summed E-state index contributed by atoms with van der Waals surface area (Å²) in [6.07, 6.45) is 0.531. The summed E-state index contributed by atoms with van der Waals surface area (Å²) in [6, 6.07) is 10.2. The molecule has 0 aliphatic heterocycles. The molecule has 0 saturated heterocycles. The van der Waals surface area contributed by atoms with Crippen molar-refractivity contribution in [1.82, 2.24) is 0 Å². The van der Waals surface area contributed by atoms with E-state index in [9.17, 15) is 5.11 Å². The van der Waals surface area contributed by atoms with Crippen LogP contribution in [0.4, 0.5) is 0 Å². The normalized spacial score (nSPS) is 24.2. The largest absolute Gasteiger partial charge is 0.414 e. The van der Waals surface area contributed by atoms with Crippen molar-refractivity contribution in [3.05, 3.63) is 48.0 Å². The van der Waals surface area contributed by atoms with Gasteiger partial charge in [-0.1, -0.05) is 99.2 Å². The van der Waals surface area contributed by atoms with E-state index in [1.54, 1.807) is 0 Å². The van der Waals surface area contributed by atoms with E-state index in [0.29, 0.717) is 36.1 Å². The van der Waals surface area contributed by atoms with Gasteiger partial charge in [-0.25, -0.2) is 0 Å². The van der Waals surface area contributed by atoms with Crippen molar-refractivity contribution in [2.45, 2.75) is 134 Å². The smallest absolute Gasteiger partial charge is 0.201 e. The number of rotatable bonds is 11. The van der Waals surface area contributed by atoms with Gasteiger partial charge in [-0.15, -0.1) is 0 Å². The SMILES string of the molecule is C=C1C[C@@](O)(CO[Si](C)(C)C(C)(C)C)[C@@H](OCc2ccccc2)C[C@@H]1O[Si](C(C)C)(C(C)C)C(C)C. The maximum atomic E-state index is 12.0. The van der Waals surface area contributed by atoms with Crippen molar-refractivity contribution in [3.8, 4) is 0 Å². The average Bonchev–Trinajstić information content (AvgIpc) is 2.76. The van der Waals surface area contributed by atoms with Gasteiger partial charge in [0.2, 0.25) is 8.32 Å². The molecule has 1 saturated carbocycles. The third-order valence-electron chi connectivity index (χ3n) is 8.85. The number of aliphatic hydroxyl groups is 1. The quantitative estimate of drug-likeness (QED) is 0.229. The molecule has 1 aliphatic carbocycles. The molecule has 36 heavy (non-hydrogen) atoms. The van der Waals surface area contributed by atoms with Crippen LogP contribution >= 0.6 is 0 Å². The summed E-state index contributed by atoms with van der Waals surface area (Å²) in [5, 5.41) is 12.1. The van der Waals surface area contributed by atoms with E-state index in [4.69, 9.17) is 13.6 Å². The average molecular weight is 535 g/mol. The highest BCUT2D eigenvalue weighted by Crippen LogP contribution is 2.47. The van der Waals surface area contributed by atoms with E-state index < -0.39 is 28.3 Å². The summed E-state index contributed by atoms with van der Waals surface area (Å²) in [5.41, 5.74) is 2.39. The standard InChI is InChI=1S/C30H54O4Si2/c1-22(2)36(23(3)4,24(5)6)34-27-18-28(32-20-26-16-14-13-15-17-26)30(31,19-25(27)7)21-33-35(11,12)29(8,9)10/h13-17,22-24,27-28,31H,7,18-21H2,1-6,8-12H3/t27-,28-,30+/m0/s1. The molecule has 1 N–H and O–H groups in total. The van der Waals surface area contributed by atoms with Gasteiger partial charge < -0.3 is 18.7 Å². The first-order valence-electron chi connectivity index (χ1n) is 13.8. The van der Waals surface area contributed by atoms with E-state index in [1.165, 1.54) is 0 Å².